The van der Waals surface area contributed by atoms with Crippen molar-refractivity contribution >= 4 is 5.97 Å². The molecule has 0 bridgehead atoms. The lowest BCUT2D eigenvalue weighted by molar-refractivity contribution is -0.146. The summed E-state index contributed by atoms with van der Waals surface area (Å²) in [6.45, 7) is 4.48. The van der Waals surface area contributed by atoms with Crippen LogP contribution in [0.15, 0.2) is 36.4 Å². The minimum atomic E-state index is -4.74. The predicted molar refractivity (Wildman–Crippen MR) is 150 cm³/mol. The lowest BCUT2D eigenvalue weighted by Gasteiger charge is -2.38. The average molecular weight is 612 g/mol. The van der Waals surface area contributed by atoms with E-state index in [9.17, 15) is 31.1 Å². The van der Waals surface area contributed by atoms with Gasteiger partial charge in [-0.25, -0.2) is 0 Å². The third-order valence-electron chi connectivity index (χ3n) is 9.67. The summed E-state index contributed by atoms with van der Waals surface area (Å²) < 4.78 is 92.6. The molecule has 0 radical (unpaired) electrons. The normalized spacial score (nSPS) is 22.3. The molecule has 2 fully saturated rings. The molecule has 2 aromatic rings. The fourth-order valence-electron chi connectivity index (χ4n) is 7.06. The highest BCUT2D eigenvalue weighted by molar-refractivity contribution is 5.73. The summed E-state index contributed by atoms with van der Waals surface area (Å²) >= 11 is 0. The molecule has 1 saturated heterocycles. The summed E-state index contributed by atoms with van der Waals surface area (Å²) in [4.78, 5) is 14.2. The van der Waals surface area contributed by atoms with Crippen LogP contribution in [-0.2, 0) is 28.3 Å². The van der Waals surface area contributed by atoms with Gasteiger partial charge in [0.25, 0.3) is 0 Å². The number of rotatable bonds is 8. The van der Waals surface area contributed by atoms with Crippen molar-refractivity contribution in [1.82, 2.24) is 4.90 Å². The molecule has 4 atom stereocenters. The molecule has 2 aromatic carbocycles. The van der Waals surface area contributed by atoms with Crippen molar-refractivity contribution in [3.05, 3.63) is 64.2 Å². The number of hydrogen-bond acceptors (Lipinski definition) is 4. The SMILES string of the molecule is COC(=O)C(C)C(c1ccc2c(c1)OC(CC1CCN(C(C)c3cc(C(F)(F)F)ccc3C(F)(F)F)CC1)CC2)C1CC1. The molecule has 4 unspecified atom stereocenters. The minimum absolute atomic E-state index is 0.00873. The molecule has 1 aliphatic carbocycles. The van der Waals surface area contributed by atoms with Gasteiger partial charge in [0.2, 0.25) is 0 Å². The minimum Gasteiger partial charge on any atom is -0.490 e. The first-order valence-electron chi connectivity index (χ1n) is 15.2. The van der Waals surface area contributed by atoms with Gasteiger partial charge < -0.3 is 9.47 Å². The number of carbonyl (C=O) groups excluding carboxylic acids is 1. The van der Waals surface area contributed by atoms with Gasteiger partial charge in [-0.1, -0.05) is 19.1 Å². The Hall–Kier alpha value is -2.75. The summed E-state index contributed by atoms with van der Waals surface area (Å²) in [7, 11) is 1.42. The predicted octanol–water partition coefficient (Wildman–Crippen LogP) is 8.58. The van der Waals surface area contributed by atoms with Crippen LogP contribution in [0.1, 0.15) is 92.1 Å². The van der Waals surface area contributed by atoms with Crippen LogP contribution in [-0.4, -0.2) is 37.2 Å². The van der Waals surface area contributed by atoms with Crippen molar-refractivity contribution in [2.45, 2.75) is 89.2 Å². The van der Waals surface area contributed by atoms with Gasteiger partial charge >= 0.3 is 18.3 Å². The van der Waals surface area contributed by atoms with Crippen molar-refractivity contribution < 1.29 is 40.6 Å². The second-order valence-electron chi connectivity index (χ2n) is 12.5. The van der Waals surface area contributed by atoms with Gasteiger partial charge in [0.1, 0.15) is 5.75 Å². The summed E-state index contributed by atoms with van der Waals surface area (Å²) in [5.74, 6) is 1.25. The highest BCUT2D eigenvalue weighted by Crippen LogP contribution is 2.48. The van der Waals surface area contributed by atoms with Crippen molar-refractivity contribution in [2.24, 2.45) is 17.8 Å². The standard InChI is InChI=1S/C33H39F6NO3/c1-19(31(41)42-3)30(23-5-6-23)24-7-4-22-8-10-26(43-29(22)17-24)16-21-12-14-40(15-13-21)20(2)27-18-25(32(34,35)36)9-11-28(27)33(37,38)39/h4,7,9,11,17-21,23,26,30H,5-6,8,10,12-16H2,1-3H3. The molecular weight excluding hydrogens is 572 g/mol. The number of likely N-dealkylation sites (tertiary alicyclic amines) is 1. The number of ether oxygens (including phenoxy) is 2. The third-order valence-corrected chi connectivity index (χ3v) is 9.67. The van der Waals surface area contributed by atoms with Gasteiger partial charge in [-0.05, 0) is 124 Å². The number of hydrogen-bond donors (Lipinski definition) is 0. The number of carbonyl (C=O) groups is 1. The highest BCUT2D eigenvalue weighted by atomic mass is 19.4. The van der Waals surface area contributed by atoms with Crippen LogP contribution in [0.5, 0.6) is 5.75 Å². The van der Waals surface area contributed by atoms with Gasteiger partial charge in [-0.15, -0.1) is 0 Å². The molecule has 4 nitrogen and oxygen atoms in total. The molecule has 1 saturated carbocycles. The van der Waals surface area contributed by atoms with E-state index in [0.29, 0.717) is 43.1 Å². The quantitative estimate of drug-likeness (QED) is 0.221. The molecule has 5 rings (SSSR count). The lowest BCUT2D eigenvalue weighted by atomic mass is 9.82. The lowest BCUT2D eigenvalue weighted by Crippen LogP contribution is -2.38. The van der Waals surface area contributed by atoms with E-state index in [0.717, 1.165) is 61.8 Å². The van der Waals surface area contributed by atoms with Gasteiger partial charge in [-0.3, -0.25) is 9.69 Å². The van der Waals surface area contributed by atoms with Crippen molar-refractivity contribution in [3.63, 3.8) is 0 Å². The average Bonchev–Trinajstić information content (AvgIpc) is 3.80. The van der Waals surface area contributed by atoms with Crippen LogP contribution < -0.4 is 4.74 Å². The molecule has 0 amide bonds. The summed E-state index contributed by atoms with van der Waals surface area (Å²) in [6.07, 6.45) is -3.23. The van der Waals surface area contributed by atoms with Gasteiger partial charge in [0.15, 0.2) is 0 Å². The maximum atomic E-state index is 13.7. The van der Waals surface area contributed by atoms with E-state index < -0.39 is 29.5 Å². The Labute approximate surface area is 248 Å². The zero-order chi connectivity index (χ0) is 31.1. The Balaban J connectivity index is 1.22. The second kappa shape index (κ2) is 12.3. The van der Waals surface area contributed by atoms with Crippen molar-refractivity contribution in [2.75, 3.05) is 20.2 Å². The van der Waals surface area contributed by atoms with Crippen LogP contribution in [0.25, 0.3) is 0 Å². The first kappa shape index (κ1) is 31.7. The summed E-state index contributed by atoms with van der Waals surface area (Å²) in [6, 6.07) is 7.20. The Kier molecular flexibility index (Phi) is 9.08. The zero-order valence-electron chi connectivity index (χ0n) is 24.7. The largest absolute Gasteiger partial charge is 0.490 e. The third kappa shape index (κ3) is 7.15. The van der Waals surface area contributed by atoms with E-state index in [4.69, 9.17) is 9.47 Å². The molecule has 10 heteroatoms. The van der Waals surface area contributed by atoms with Crippen LogP contribution in [0, 0.1) is 17.8 Å². The Morgan fingerprint density at radius 1 is 0.953 bits per heavy atom. The van der Waals surface area contributed by atoms with E-state index >= 15 is 0 Å². The van der Waals surface area contributed by atoms with Crippen LogP contribution in [0.2, 0.25) is 0 Å². The first-order chi connectivity index (χ1) is 20.3. The Morgan fingerprint density at radius 2 is 1.65 bits per heavy atom. The number of methoxy groups -OCH3 is 1. The van der Waals surface area contributed by atoms with E-state index in [1.54, 1.807) is 6.92 Å². The molecule has 0 aromatic heterocycles. The summed E-state index contributed by atoms with van der Waals surface area (Å²) in [5, 5.41) is 0. The monoisotopic (exact) mass is 611 g/mol. The molecule has 0 N–H and O–H groups in total. The van der Waals surface area contributed by atoms with E-state index in [1.165, 1.54) is 7.11 Å². The first-order valence-corrected chi connectivity index (χ1v) is 15.2. The smallest absolute Gasteiger partial charge is 0.416 e. The number of alkyl halides is 6. The zero-order valence-corrected chi connectivity index (χ0v) is 24.7. The number of aryl methyl sites for hydroxylation is 1. The number of esters is 1. The number of fused-ring (bicyclic) bond motifs is 1. The Bertz CT molecular complexity index is 1300. The number of piperidine rings is 1. The van der Waals surface area contributed by atoms with E-state index in [-0.39, 0.29) is 29.5 Å². The van der Waals surface area contributed by atoms with Crippen molar-refractivity contribution in [1.29, 1.82) is 0 Å². The molecule has 2 heterocycles. The highest BCUT2D eigenvalue weighted by Gasteiger charge is 2.41. The number of benzene rings is 2. The molecule has 236 valence electrons. The second-order valence-corrected chi connectivity index (χ2v) is 12.5. The van der Waals surface area contributed by atoms with Gasteiger partial charge in [0.05, 0.1) is 30.3 Å². The molecule has 2 aliphatic heterocycles. The van der Waals surface area contributed by atoms with E-state index in [1.807, 2.05) is 11.8 Å². The molecule has 3 aliphatic rings. The van der Waals surface area contributed by atoms with Gasteiger partial charge in [0, 0.05) is 6.04 Å². The maximum Gasteiger partial charge on any atom is 0.416 e. The van der Waals surface area contributed by atoms with Crippen molar-refractivity contribution in [3.8, 4) is 5.75 Å². The Morgan fingerprint density at radius 3 is 2.26 bits per heavy atom. The molecule has 0 spiro atoms. The van der Waals surface area contributed by atoms with Gasteiger partial charge in [-0.2, -0.15) is 26.3 Å². The van der Waals surface area contributed by atoms with E-state index in [2.05, 4.69) is 18.2 Å². The van der Waals surface area contributed by atoms with Crippen LogP contribution in [0.4, 0.5) is 26.3 Å². The fraction of sp³-hybridized carbons (Fsp3) is 0.606. The maximum absolute atomic E-state index is 13.7. The molecular formula is C33H39F6NO3. The summed E-state index contributed by atoms with van der Waals surface area (Å²) in [5.41, 5.74) is -0.192. The molecule has 43 heavy (non-hydrogen) atoms. The number of nitrogens with zero attached hydrogens (tertiary/aromatic N) is 1. The van der Waals surface area contributed by atoms with Crippen LogP contribution in [0.3, 0.4) is 0 Å². The van der Waals surface area contributed by atoms with Crippen LogP contribution >= 0.6 is 0 Å². The topological polar surface area (TPSA) is 38.8 Å². The number of halogens is 6. The fourth-order valence-corrected chi connectivity index (χ4v) is 7.06.